The van der Waals surface area contributed by atoms with E-state index in [9.17, 15) is 14.4 Å². The summed E-state index contributed by atoms with van der Waals surface area (Å²) in [7, 11) is 1.28. The Hall–Kier alpha value is -2.37. The molecule has 0 aliphatic heterocycles. The molecule has 6 heteroatoms. The number of benzene rings is 1. The van der Waals surface area contributed by atoms with Gasteiger partial charge in [-0.15, -0.1) is 0 Å². The van der Waals surface area contributed by atoms with E-state index < -0.39 is 23.8 Å². The van der Waals surface area contributed by atoms with Gasteiger partial charge in [-0.2, -0.15) is 0 Å². The molecule has 1 aliphatic carbocycles. The molecule has 1 saturated carbocycles. The Labute approximate surface area is 135 Å². The Balaban J connectivity index is 2.12. The van der Waals surface area contributed by atoms with Gasteiger partial charge in [0.15, 0.2) is 0 Å². The number of nitrogens with two attached hydrogens (primary N) is 1. The van der Waals surface area contributed by atoms with E-state index in [2.05, 4.69) is 10.1 Å². The number of esters is 1. The highest BCUT2D eigenvalue weighted by atomic mass is 16.5. The van der Waals surface area contributed by atoms with Crippen molar-refractivity contribution < 1.29 is 19.1 Å². The minimum absolute atomic E-state index is 0.0778. The van der Waals surface area contributed by atoms with Gasteiger partial charge in [0.25, 0.3) is 5.91 Å². The van der Waals surface area contributed by atoms with E-state index in [1.165, 1.54) is 13.2 Å². The van der Waals surface area contributed by atoms with Crippen LogP contribution in [0.15, 0.2) is 24.3 Å². The lowest BCUT2D eigenvalue weighted by atomic mass is 9.83. The summed E-state index contributed by atoms with van der Waals surface area (Å²) in [5, 5.41) is 2.72. The molecule has 23 heavy (non-hydrogen) atoms. The van der Waals surface area contributed by atoms with E-state index >= 15 is 0 Å². The minimum atomic E-state index is -0.676. The quantitative estimate of drug-likeness (QED) is 0.806. The highest BCUT2D eigenvalue weighted by Crippen LogP contribution is 2.26. The molecule has 2 amide bonds. The molecule has 0 saturated heterocycles. The van der Waals surface area contributed by atoms with Crippen LogP contribution in [0.2, 0.25) is 0 Å². The normalized spacial score (nSPS) is 16.4. The van der Waals surface area contributed by atoms with Crippen LogP contribution in [0.25, 0.3) is 0 Å². The average Bonchev–Trinajstić information content (AvgIpc) is 2.59. The molecule has 0 radical (unpaired) electrons. The summed E-state index contributed by atoms with van der Waals surface area (Å²) in [6.45, 7) is 0. The fourth-order valence-electron chi connectivity index (χ4n) is 3.02. The second-order valence-electron chi connectivity index (χ2n) is 5.82. The van der Waals surface area contributed by atoms with Crippen LogP contribution in [-0.2, 0) is 9.53 Å². The molecule has 0 aromatic heterocycles. The standard InChI is InChI=1S/C17H22N2O4/c1-23-17(22)13-9-5-8-12(10-13)16(21)19-14(15(18)20)11-6-3-2-4-7-11/h5,8-11,14H,2-4,6-7H2,1H3,(H2,18,20)(H,19,21)/t14-/m0/s1. The summed E-state index contributed by atoms with van der Waals surface area (Å²) in [5.74, 6) is -1.37. The number of methoxy groups -OCH3 is 1. The van der Waals surface area contributed by atoms with E-state index in [4.69, 9.17) is 5.73 Å². The number of hydrogen-bond donors (Lipinski definition) is 2. The van der Waals surface area contributed by atoms with Crippen molar-refractivity contribution in [3.63, 3.8) is 0 Å². The third kappa shape index (κ3) is 4.31. The van der Waals surface area contributed by atoms with Crippen molar-refractivity contribution in [2.45, 2.75) is 38.1 Å². The van der Waals surface area contributed by atoms with Gasteiger partial charge in [-0.1, -0.05) is 25.3 Å². The van der Waals surface area contributed by atoms with Crippen LogP contribution in [0.4, 0.5) is 0 Å². The Morgan fingerprint density at radius 2 is 1.83 bits per heavy atom. The summed E-state index contributed by atoms with van der Waals surface area (Å²) in [6, 6.07) is 5.52. The van der Waals surface area contributed by atoms with Gasteiger partial charge >= 0.3 is 5.97 Å². The number of amides is 2. The number of carbonyl (C=O) groups is 3. The second kappa shape index (κ2) is 7.76. The maximum absolute atomic E-state index is 12.4. The van der Waals surface area contributed by atoms with Crippen LogP contribution in [0.5, 0.6) is 0 Å². The summed E-state index contributed by atoms with van der Waals surface area (Å²) in [4.78, 5) is 35.7. The predicted octanol–water partition coefficient (Wildman–Crippen LogP) is 1.64. The molecule has 0 bridgehead atoms. The number of nitrogens with one attached hydrogen (secondary N) is 1. The van der Waals surface area contributed by atoms with E-state index in [1.807, 2.05) is 0 Å². The Kier molecular flexibility index (Phi) is 5.73. The van der Waals surface area contributed by atoms with Crippen LogP contribution in [0.3, 0.4) is 0 Å². The summed E-state index contributed by atoms with van der Waals surface area (Å²) < 4.78 is 4.64. The zero-order valence-electron chi connectivity index (χ0n) is 13.2. The van der Waals surface area contributed by atoms with Gasteiger partial charge in [-0.05, 0) is 37.0 Å². The monoisotopic (exact) mass is 318 g/mol. The first kappa shape index (κ1) is 17.0. The van der Waals surface area contributed by atoms with E-state index in [1.54, 1.807) is 18.2 Å². The third-order valence-corrected chi connectivity index (χ3v) is 4.26. The van der Waals surface area contributed by atoms with Crippen LogP contribution in [-0.4, -0.2) is 30.9 Å². The first-order valence-corrected chi connectivity index (χ1v) is 7.81. The molecular weight excluding hydrogens is 296 g/mol. The maximum atomic E-state index is 12.4. The molecule has 3 N–H and O–H groups in total. The molecule has 0 spiro atoms. The molecule has 0 unspecified atom stereocenters. The molecule has 1 aliphatic rings. The van der Waals surface area contributed by atoms with Gasteiger partial charge in [-0.25, -0.2) is 4.79 Å². The van der Waals surface area contributed by atoms with Gasteiger partial charge in [0.05, 0.1) is 12.7 Å². The molecular formula is C17H22N2O4. The van der Waals surface area contributed by atoms with Crippen molar-refractivity contribution in [1.82, 2.24) is 5.32 Å². The van der Waals surface area contributed by atoms with E-state index in [0.717, 1.165) is 32.1 Å². The lowest BCUT2D eigenvalue weighted by molar-refractivity contribution is -0.121. The predicted molar refractivity (Wildman–Crippen MR) is 84.8 cm³/mol. The maximum Gasteiger partial charge on any atom is 0.337 e. The van der Waals surface area contributed by atoms with Crippen molar-refractivity contribution in [2.24, 2.45) is 11.7 Å². The van der Waals surface area contributed by atoms with E-state index in [-0.39, 0.29) is 11.5 Å². The highest BCUT2D eigenvalue weighted by molar-refractivity contribution is 5.99. The molecule has 6 nitrogen and oxygen atoms in total. The third-order valence-electron chi connectivity index (χ3n) is 4.26. The van der Waals surface area contributed by atoms with Gasteiger partial charge in [0, 0.05) is 5.56 Å². The highest BCUT2D eigenvalue weighted by Gasteiger charge is 2.29. The van der Waals surface area contributed by atoms with Gasteiger partial charge in [0.2, 0.25) is 5.91 Å². The molecule has 1 fully saturated rings. The van der Waals surface area contributed by atoms with Gasteiger partial charge in [0.1, 0.15) is 6.04 Å². The van der Waals surface area contributed by atoms with Gasteiger partial charge in [-0.3, -0.25) is 9.59 Å². The number of rotatable bonds is 5. The van der Waals surface area contributed by atoms with Crippen molar-refractivity contribution >= 4 is 17.8 Å². The zero-order chi connectivity index (χ0) is 16.8. The fraction of sp³-hybridized carbons (Fsp3) is 0.471. The first-order valence-electron chi connectivity index (χ1n) is 7.81. The number of carbonyl (C=O) groups excluding carboxylic acids is 3. The number of hydrogen-bond acceptors (Lipinski definition) is 4. The molecule has 1 aromatic rings. The summed E-state index contributed by atoms with van der Waals surface area (Å²) in [6.07, 6.45) is 5.01. The first-order chi connectivity index (χ1) is 11.0. The Morgan fingerprint density at radius 3 is 2.43 bits per heavy atom. The lowest BCUT2D eigenvalue weighted by Gasteiger charge is -2.28. The number of primary amides is 1. The molecule has 1 atom stereocenters. The smallest absolute Gasteiger partial charge is 0.337 e. The molecule has 2 rings (SSSR count). The molecule has 1 aromatic carbocycles. The zero-order valence-corrected chi connectivity index (χ0v) is 13.2. The Morgan fingerprint density at radius 1 is 1.17 bits per heavy atom. The summed E-state index contributed by atoms with van der Waals surface area (Å²) >= 11 is 0. The van der Waals surface area contributed by atoms with Crippen LogP contribution in [0.1, 0.15) is 52.8 Å². The fourth-order valence-corrected chi connectivity index (χ4v) is 3.02. The van der Waals surface area contributed by atoms with Crippen LogP contribution in [0, 0.1) is 5.92 Å². The average molecular weight is 318 g/mol. The van der Waals surface area contributed by atoms with Crippen molar-refractivity contribution in [2.75, 3.05) is 7.11 Å². The minimum Gasteiger partial charge on any atom is -0.465 e. The lowest BCUT2D eigenvalue weighted by Crippen LogP contribution is -2.49. The molecule has 0 heterocycles. The van der Waals surface area contributed by atoms with Crippen molar-refractivity contribution in [1.29, 1.82) is 0 Å². The van der Waals surface area contributed by atoms with E-state index in [0.29, 0.717) is 5.56 Å². The van der Waals surface area contributed by atoms with Gasteiger partial charge < -0.3 is 15.8 Å². The van der Waals surface area contributed by atoms with Crippen LogP contribution < -0.4 is 11.1 Å². The SMILES string of the molecule is COC(=O)c1cccc(C(=O)N[C@H](C(N)=O)C2CCCCC2)c1. The van der Waals surface area contributed by atoms with Crippen molar-refractivity contribution in [3.8, 4) is 0 Å². The van der Waals surface area contributed by atoms with Crippen LogP contribution >= 0.6 is 0 Å². The molecule has 124 valence electrons. The largest absolute Gasteiger partial charge is 0.465 e. The topological polar surface area (TPSA) is 98.5 Å². The second-order valence-corrected chi connectivity index (χ2v) is 5.82. The number of ether oxygens (including phenoxy) is 1. The summed E-state index contributed by atoms with van der Waals surface area (Å²) in [5.41, 5.74) is 6.05. The Bertz CT molecular complexity index is 594. The van der Waals surface area contributed by atoms with Crippen molar-refractivity contribution in [3.05, 3.63) is 35.4 Å².